The second kappa shape index (κ2) is 7.78. The van der Waals surface area contributed by atoms with Crippen molar-refractivity contribution in [2.24, 2.45) is 0 Å². The van der Waals surface area contributed by atoms with Gasteiger partial charge in [-0.1, -0.05) is 0 Å². The topological polar surface area (TPSA) is 83.8 Å². The van der Waals surface area contributed by atoms with Crippen LogP contribution in [-0.4, -0.2) is 33.5 Å². The molecule has 6 heteroatoms. The second-order valence-corrected chi connectivity index (χ2v) is 8.23. The van der Waals surface area contributed by atoms with E-state index in [2.05, 4.69) is 10.3 Å². The lowest BCUT2D eigenvalue weighted by molar-refractivity contribution is -0.0531. The number of pyridine rings is 1. The van der Waals surface area contributed by atoms with Crippen molar-refractivity contribution in [3.05, 3.63) is 59.3 Å². The molecule has 3 N–H and O–H groups in total. The number of aliphatic hydroxyl groups is 2. The summed E-state index contributed by atoms with van der Waals surface area (Å²) in [4.78, 5) is 4.57. The van der Waals surface area contributed by atoms with Gasteiger partial charge in [-0.25, -0.2) is 0 Å². The molecule has 4 rings (SSSR count). The smallest absolute Gasteiger partial charge is 0.132 e. The highest BCUT2D eigenvalue weighted by Gasteiger charge is 2.43. The maximum atomic E-state index is 11.1. The summed E-state index contributed by atoms with van der Waals surface area (Å²) in [6.45, 7) is 8.21. The summed E-state index contributed by atoms with van der Waals surface area (Å²) in [5.74, 6) is 1.53. The van der Waals surface area contributed by atoms with E-state index in [9.17, 15) is 10.2 Å². The molecule has 0 saturated heterocycles. The van der Waals surface area contributed by atoms with Crippen molar-refractivity contribution in [3.8, 4) is 11.5 Å². The Hall–Kier alpha value is -2.83. The molecule has 0 bridgehead atoms. The summed E-state index contributed by atoms with van der Waals surface area (Å²) in [5.41, 5.74) is 3.36. The van der Waals surface area contributed by atoms with Crippen molar-refractivity contribution in [2.45, 2.75) is 52.0 Å². The van der Waals surface area contributed by atoms with Crippen molar-refractivity contribution in [2.75, 3.05) is 11.9 Å². The molecule has 1 aliphatic rings. The number of benzene rings is 2. The summed E-state index contributed by atoms with van der Waals surface area (Å²) in [6, 6.07) is 13.1. The van der Waals surface area contributed by atoms with Gasteiger partial charge in [-0.15, -0.1) is 0 Å². The molecule has 1 aromatic heterocycles. The van der Waals surface area contributed by atoms with E-state index in [0.717, 1.165) is 39.2 Å². The second-order valence-electron chi connectivity index (χ2n) is 8.23. The number of anilines is 1. The number of ether oxygens (including phenoxy) is 2. The largest absolute Gasteiger partial charge is 0.494 e. The summed E-state index contributed by atoms with van der Waals surface area (Å²) in [7, 11) is 0. The molecule has 0 unspecified atom stereocenters. The zero-order valence-corrected chi connectivity index (χ0v) is 17.8. The van der Waals surface area contributed by atoms with E-state index in [1.54, 1.807) is 0 Å². The Balaban J connectivity index is 1.78. The fourth-order valence-corrected chi connectivity index (χ4v) is 3.99. The lowest BCUT2D eigenvalue weighted by atomic mass is 9.85. The zero-order valence-electron chi connectivity index (χ0n) is 17.8. The van der Waals surface area contributed by atoms with Crippen LogP contribution in [0.3, 0.4) is 0 Å². The Morgan fingerprint density at radius 2 is 1.90 bits per heavy atom. The third kappa shape index (κ3) is 3.68. The maximum Gasteiger partial charge on any atom is 0.132 e. The molecule has 30 heavy (non-hydrogen) atoms. The standard InChI is InChI=1S/C24H28N2O4/c1-5-29-17-8-6-15(7-9-17)26-22-19-11-20-18(14(2)10-16(13-27)25-20)12-21(19)30-24(3,4)23(22)28/h6-12,22-23,26-28H,5,13H2,1-4H3/t22-,23+/m0/s1. The minimum absolute atomic E-state index is 0.117. The van der Waals surface area contributed by atoms with Gasteiger partial charge in [0.25, 0.3) is 0 Å². The number of hydrogen-bond donors (Lipinski definition) is 3. The predicted molar refractivity (Wildman–Crippen MR) is 117 cm³/mol. The third-order valence-corrected chi connectivity index (χ3v) is 5.59. The molecule has 2 atom stereocenters. The number of nitrogens with one attached hydrogen (secondary N) is 1. The number of aryl methyl sites for hydroxylation is 1. The molecule has 0 aliphatic carbocycles. The Bertz CT molecular complexity index is 1060. The molecule has 158 valence electrons. The molecule has 2 aromatic carbocycles. The summed E-state index contributed by atoms with van der Waals surface area (Å²) < 4.78 is 11.7. The van der Waals surface area contributed by atoms with Crippen LogP contribution in [0.5, 0.6) is 11.5 Å². The Kier molecular flexibility index (Phi) is 5.30. The predicted octanol–water partition coefficient (Wildman–Crippen LogP) is 4.12. The highest BCUT2D eigenvalue weighted by Crippen LogP contribution is 2.43. The quantitative estimate of drug-likeness (QED) is 0.589. The van der Waals surface area contributed by atoms with Crippen molar-refractivity contribution in [3.63, 3.8) is 0 Å². The summed E-state index contributed by atoms with van der Waals surface area (Å²) in [5, 5.41) is 25.1. The minimum atomic E-state index is -0.781. The molecular formula is C24H28N2O4. The molecule has 0 saturated carbocycles. The molecule has 6 nitrogen and oxygen atoms in total. The number of nitrogens with zero attached hydrogens (tertiary/aromatic N) is 1. The molecular weight excluding hydrogens is 380 g/mol. The van der Waals surface area contributed by atoms with Gasteiger partial charge >= 0.3 is 0 Å². The van der Waals surface area contributed by atoms with Crippen molar-refractivity contribution < 1.29 is 19.7 Å². The number of hydrogen-bond acceptors (Lipinski definition) is 6. The monoisotopic (exact) mass is 408 g/mol. The van der Waals surface area contributed by atoms with Crippen molar-refractivity contribution >= 4 is 16.6 Å². The lowest BCUT2D eigenvalue weighted by Gasteiger charge is -2.42. The van der Waals surface area contributed by atoms with Gasteiger partial charge in [0, 0.05) is 16.6 Å². The Morgan fingerprint density at radius 1 is 1.17 bits per heavy atom. The first-order valence-corrected chi connectivity index (χ1v) is 10.2. The molecule has 3 aromatic rings. The van der Waals surface area contributed by atoms with Crippen LogP contribution in [0.2, 0.25) is 0 Å². The van der Waals surface area contributed by atoms with E-state index < -0.39 is 11.7 Å². The van der Waals surface area contributed by atoms with Gasteiger partial charge < -0.3 is 25.0 Å². The van der Waals surface area contributed by atoms with Crippen molar-refractivity contribution in [1.82, 2.24) is 4.98 Å². The third-order valence-electron chi connectivity index (χ3n) is 5.59. The molecule has 0 amide bonds. The van der Waals surface area contributed by atoms with Crippen LogP contribution in [-0.2, 0) is 6.61 Å². The minimum Gasteiger partial charge on any atom is -0.494 e. The highest BCUT2D eigenvalue weighted by atomic mass is 16.5. The van der Waals surface area contributed by atoms with E-state index in [1.165, 1.54) is 0 Å². The lowest BCUT2D eigenvalue weighted by Crippen LogP contribution is -2.50. The first kappa shape index (κ1) is 20.4. The first-order chi connectivity index (χ1) is 14.3. The van der Waals surface area contributed by atoms with Gasteiger partial charge in [0.1, 0.15) is 23.2 Å². The van der Waals surface area contributed by atoms with Crippen molar-refractivity contribution in [1.29, 1.82) is 0 Å². The van der Waals surface area contributed by atoms with Gasteiger partial charge in [-0.3, -0.25) is 4.98 Å². The van der Waals surface area contributed by atoms with Crippen LogP contribution in [0.25, 0.3) is 10.9 Å². The molecule has 0 fully saturated rings. The molecule has 2 heterocycles. The maximum absolute atomic E-state index is 11.1. The zero-order chi connectivity index (χ0) is 21.5. The van der Waals surface area contributed by atoms with Crippen LogP contribution in [0.1, 0.15) is 43.6 Å². The number of aromatic nitrogens is 1. The molecule has 0 spiro atoms. The fourth-order valence-electron chi connectivity index (χ4n) is 3.99. The highest BCUT2D eigenvalue weighted by molar-refractivity contribution is 5.85. The SMILES string of the molecule is CCOc1ccc(N[C@H]2c3cc4nc(CO)cc(C)c4cc3OC(C)(C)[C@@H]2O)cc1. The van der Waals surface area contributed by atoms with E-state index in [-0.39, 0.29) is 12.6 Å². The van der Waals surface area contributed by atoms with Crippen LogP contribution < -0.4 is 14.8 Å². The number of aliphatic hydroxyl groups excluding tert-OH is 2. The Labute approximate surface area is 176 Å². The molecule has 1 aliphatic heterocycles. The van der Waals surface area contributed by atoms with Gasteiger partial charge in [0.15, 0.2) is 0 Å². The van der Waals surface area contributed by atoms with Crippen LogP contribution >= 0.6 is 0 Å². The van der Waals surface area contributed by atoms with Gasteiger partial charge in [-0.05, 0) is 75.7 Å². The van der Waals surface area contributed by atoms with E-state index in [0.29, 0.717) is 12.3 Å². The number of rotatable bonds is 5. The normalized spacial score (nSPS) is 19.8. The summed E-state index contributed by atoms with van der Waals surface area (Å²) >= 11 is 0. The Morgan fingerprint density at radius 3 is 2.57 bits per heavy atom. The van der Waals surface area contributed by atoms with Gasteiger partial charge in [0.2, 0.25) is 0 Å². The van der Waals surface area contributed by atoms with Gasteiger partial charge in [0.05, 0.1) is 30.5 Å². The average Bonchev–Trinajstić information content (AvgIpc) is 2.72. The van der Waals surface area contributed by atoms with Crippen LogP contribution in [0.15, 0.2) is 42.5 Å². The first-order valence-electron chi connectivity index (χ1n) is 10.2. The average molecular weight is 408 g/mol. The van der Waals surface area contributed by atoms with E-state index in [4.69, 9.17) is 9.47 Å². The fraction of sp³-hybridized carbons (Fsp3) is 0.375. The van der Waals surface area contributed by atoms with E-state index >= 15 is 0 Å². The van der Waals surface area contributed by atoms with Crippen LogP contribution in [0.4, 0.5) is 5.69 Å². The van der Waals surface area contributed by atoms with E-state index in [1.807, 2.05) is 70.2 Å². The molecule has 0 radical (unpaired) electrons. The van der Waals surface area contributed by atoms with Crippen LogP contribution in [0, 0.1) is 6.92 Å². The summed E-state index contributed by atoms with van der Waals surface area (Å²) in [6.07, 6.45) is -0.781. The number of fused-ring (bicyclic) bond motifs is 2. The van der Waals surface area contributed by atoms with Gasteiger partial charge in [-0.2, -0.15) is 0 Å².